The Morgan fingerprint density at radius 2 is 1.21 bits per heavy atom. The van der Waals surface area contributed by atoms with Crippen LogP contribution < -0.4 is 0 Å². The van der Waals surface area contributed by atoms with Gasteiger partial charge in [0.05, 0.1) is 0 Å². The minimum Gasteiger partial charge on any atom is -0.218 e. The summed E-state index contributed by atoms with van der Waals surface area (Å²) in [5.74, 6) is 0. The maximum atomic E-state index is 13.8. The molecular formula is C11H8BrF7. The molecule has 0 fully saturated rings. The molecule has 0 radical (unpaired) electrons. The zero-order chi connectivity index (χ0) is 15.2. The third-order valence-corrected chi connectivity index (χ3v) is 3.73. The number of hydrogen-bond donors (Lipinski definition) is 0. The Morgan fingerprint density at radius 1 is 0.789 bits per heavy atom. The summed E-state index contributed by atoms with van der Waals surface area (Å²) >= 11 is 2.96. The van der Waals surface area contributed by atoms with Gasteiger partial charge in [0, 0.05) is 10.0 Å². The van der Waals surface area contributed by atoms with E-state index in [0.717, 1.165) is 13.0 Å². The molecule has 0 amide bonds. The van der Waals surface area contributed by atoms with E-state index >= 15 is 0 Å². The van der Waals surface area contributed by atoms with Crippen molar-refractivity contribution in [3.8, 4) is 0 Å². The molecule has 0 aliphatic carbocycles. The van der Waals surface area contributed by atoms with Crippen molar-refractivity contribution in [2.24, 2.45) is 0 Å². The van der Waals surface area contributed by atoms with Gasteiger partial charge in [0.1, 0.15) is 0 Å². The average molecular weight is 353 g/mol. The van der Waals surface area contributed by atoms with E-state index in [0.29, 0.717) is 10.5 Å². The van der Waals surface area contributed by atoms with E-state index in [1.807, 2.05) is 0 Å². The Bertz CT molecular complexity index is 473. The summed E-state index contributed by atoms with van der Waals surface area (Å²) in [6.07, 6.45) is -12.2. The molecule has 0 saturated heterocycles. The van der Waals surface area contributed by atoms with Crippen LogP contribution in [0.25, 0.3) is 0 Å². The highest BCUT2D eigenvalue weighted by Gasteiger charge is 2.73. The fraction of sp³-hybridized carbons (Fsp3) is 0.455. The quantitative estimate of drug-likeness (QED) is 0.597. The van der Waals surface area contributed by atoms with Crippen LogP contribution in [0.1, 0.15) is 16.7 Å². The zero-order valence-electron chi connectivity index (χ0n) is 9.68. The second-order valence-electron chi connectivity index (χ2n) is 4.00. The summed E-state index contributed by atoms with van der Waals surface area (Å²) in [5, 5.41) is 0. The molecule has 1 aromatic carbocycles. The van der Waals surface area contributed by atoms with Crippen molar-refractivity contribution in [1.82, 2.24) is 0 Å². The van der Waals surface area contributed by atoms with E-state index in [-0.39, 0.29) is 5.56 Å². The number of halogens is 8. The lowest BCUT2D eigenvalue weighted by Gasteiger charge is -2.32. The average Bonchev–Trinajstić information content (AvgIpc) is 2.22. The zero-order valence-corrected chi connectivity index (χ0v) is 11.3. The van der Waals surface area contributed by atoms with Gasteiger partial charge in [-0.15, -0.1) is 0 Å². The standard InChI is InChI=1S/C11H8BrF7/c1-5-6(2)8(12)4-3-7(5)9(13,10(14,15)16)11(17,18)19/h3-4H,1-2H3. The first kappa shape index (κ1) is 16.3. The van der Waals surface area contributed by atoms with E-state index in [9.17, 15) is 30.7 Å². The van der Waals surface area contributed by atoms with Crippen LogP contribution >= 0.6 is 15.9 Å². The molecule has 0 heterocycles. The predicted molar refractivity (Wildman–Crippen MR) is 58.5 cm³/mol. The first-order chi connectivity index (χ1) is 8.34. The van der Waals surface area contributed by atoms with Crippen LogP contribution in [-0.4, -0.2) is 12.4 Å². The lowest BCUT2D eigenvalue weighted by molar-refractivity contribution is -0.348. The van der Waals surface area contributed by atoms with Crippen molar-refractivity contribution >= 4 is 15.9 Å². The molecule has 0 atom stereocenters. The molecule has 0 unspecified atom stereocenters. The molecule has 108 valence electrons. The van der Waals surface area contributed by atoms with Crippen LogP contribution in [0.4, 0.5) is 30.7 Å². The minimum absolute atomic E-state index is 0.119. The highest BCUT2D eigenvalue weighted by Crippen LogP contribution is 2.54. The Morgan fingerprint density at radius 3 is 1.58 bits per heavy atom. The van der Waals surface area contributed by atoms with Crippen LogP contribution in [0.5, 0.6) is 0 Å². The van der Waals surface area contributed by atoms with Gasteiger partial charge < -0.3 is 0 Å². The van der Waals surface area contributed by atoms with E-state index in [1.54, 1.807) is 0 Å². The molecule has 0 nitrogen and oxygen atoms in total. The van der Waals surface area contributed by atoms with Crippen LogP contribution in [-0.2, 0) is 5.67 Å². The van der Waals surface area contributed by atoms with Gasteiger partial charge in [0.15, 0.2) is 0 Å². The summed E-state index contributed by atoms with van der Waals surface area (Å²) in [4.78, 5) is 0. The van der Waals surface area contributed by atoms with E-state index < -0.39 is 29.1 Å². The van der Waals surface area contributed by atoms with Gasteiger partial charge >= 0.3 is 18.0 Å². The Balaban J connectivity index is 3.67. The summed E-state index contributed by atoms with van der Waals surface area (Å²) in [5.41, 5.74) is -7.09. The second-order valence-corrected chi connectivity index (χ2v) is 4.85. The maximum Gasteiger partial charge on any atom is 0.435 e. The summed E-state index contributed by atoms with van der Waals surface area (Å²) < 4.78 is 89.7. The van der Waals surface area contributed by atoms with Gasteiger partial charge in [-0.1, -0.05) is 22.0 Å². The molecule has 1 aromatic rings. The van der Waals surface area contributed by atoms with E-state index in [2.05, 4.69) is 15.9 Å². The molecule has 0 N–H and O–H groups in total. The number of rotatable bonds is 1. The van der Waals surface area contributed by atoms with Crippen LogP contribution in [0.15, 0.2) is 16.6 Å². The van der Waals surface area contributed by atoms with Crippen LogP contribution in [0.2, 0.25) is 0 Å². The fourth-order valence-electron chi connectivity index (χ4n) is 1.63. The molecule has 0 spiro atoms. The van der Waals surface area contributed by atoms with Crippen molar-refractivity contribution in [2.75, 3.05) is 0 Å². The molecule has 8 heteroatoms. The maximum absolute atomic E-state index is 13.8. The Hall–Kier alpha value is -0.790. The minimum atomic E-state index is -6.09. The van der Waals surface area contributed by atoms with Crippen molar-refractivity contribution in [3.05, 3.63) is 33.3 Å². The number of hydrogen-bond acceptors (Lipinski definition) is 0. The molecular weight excluding hydrogens is 345 g/mol. The number of alkyl halides is 7. The van der Waals surface area contributed by atoms with Crippen molar-refractivity contribution in [1.29, 1.82) is 0 Å². The topological polar surface area (TPSA) is 0 Å². The molecule has 0 aliphatic heterocycles. The summed E-state index contributed by atoms with van der Waals surface area (Å²) in [6, 6.07) is 1.46. The van der Waals surface area contributed by atoms with Gasteiger partial charge in [-0.05, 0) is 31.0 Å². The highest BCUT2D eigenvalue weighted by molar-refractivity contribution is 9.10. The molecule has 0 aliphatic rings. The highest BCUT2D eigenvalue weighted by atomic mass is 79.9. The molecule has 0 bridgehead atoms. The molecule has 1 rings (SSSR count). The lowest BCUT2D eigenvalue weighted by Crippen LogP contribution is -2.50. The van der Waals surface area contributed by atoms with Gasteiger partial charge in [-0.3, -0.25) is 0 Å². The lowest BCUT2D eigenvalue weighted by atomic mass is 9.88. The third-order valence-electron chi connectivity index (χ3n) is 2.87. The van der Waals surface area contributed by atoms with Gasteiger partial charge in [0.2, 0.25) is 0 Å². The van der Waals surface area contributed by atoms with Crippen LogP contribution in [0, 0.1) is 13.8 Å². The van der Waals surface area contributed by atoms with Gasteiger partial charge in [-0.25, -0.2) is 4.39 Å². The fourth-order valence-corrected chi connectivity index (χ4v) is 2.06. The van der Waals surface area contributed by atoms with Crippen LogP contribution in [0.3, 0.4) is 0 Å². The molecule has 0 aromatic heterocycles. The smallest absolute Gasteiger partial charge is 0.218 e. The van der Waals surface area contributed by atoms with Gasteiger partial charge in [0.25, 0.3) is 0 Å². The SMILES string of the molecule is Cc1c(Br)ccc(C(F)(C(F)(F)F)C(F)(F)F)c1C. The van der Waals surface area contributed by atoms with Crippen molar-refractivity contribution < 1.29 is 30.7 Å². The first-order valence-corrected chi connectivity index (χ1v) is 5.72. The predicted octanol–water partition coefficient (Wildman–Crippen LogP) is 5.36. The largest absolute Gasteiger partial charge is 0.435 e. The second kappa shape index (κ2) is 4.64. The number of benzene rings is 1. The summed E-state index contributed by atoms with van der Waals surface area (Å²) in [7, 11) is 0. The monoisotopic (exact) mass is 352 g/mol. The van der Waals surface area contributed by atoms with E-state index in [4.69, 9.17) is 0 Å². The van der Waals surface area contributed by atoms with Gasteiger partial charge in [-0.2, -0.15) is 26.3 Å². The normalized spacial score (nSPS) is 13.8. The molecule has 0 saturated carbocycles. The van der Waals surface area contributed by atoms with Crippen molar-refractivity contribution in [2.45, 2.75) is 31.9 Å². The van der Waals surface area contributed by atoms with E-state index in [1.165, 1.54) is 6.92 Å². The Labute approximate surface area is 112 Å². The first-order valence-electron chi connectivity index (χ1n) is 4.92. The Kier molecular flexibility index (Phi) is 3.97. The molecule has 19 heavy (non-hydrogen) atoms. The van der Waals surface area contributed by atoms with Crippen molar-refractivity contribution in [3.63, 3.8) is 0 Å². The summed E-state index contributed by atoms with van der Waals surface area (Å²) in [6.45, 7) is 2.32. The third kappa shape index (κ3) is 2.46.